The smallest absolute Gasteiger partial charge is 0.291 e. The maximum atomic E-state index is 13.0. The number of likely N-dealkylation sites (tertiary alicyclic amines) is 2. The van der Waals surface area contributed by atoms with Crippen LogP contribution in [-0.2, 0) is 11.3 Å². The number of carbonyl (C=O) groups is 1. The molecule has 5 nitrogen and oxygen atoms in total. The summed E-state index contributed by atoms with van der Waals surface area (Å²) in [5.41, 5.74) is 1.37. The van der Waals surface area contributed by atoms with Crippen LogP contribution in [0.25, 0.3) is 11.0 Å². The van der Waals surface area contributed by atoms with E-state index in [1.807, 2.05) is 23.1 Å². The number of nitrogens with zero attached hydrogens (tertiary/aromatic N) is 4. The van der Waals surface area contributed by atoms with Crippen molar-refractivity contribution in [2.45, 2.75) is 49.2 Å². The first-order chi connectivity index (χ1) is 13.1. The number of halogens is 2. The third kappa shape index (κ3) is 4.11. The Balaban J connectivity index is 1.53. The Morgan fingerprint density at radius 1 is 1.19 bits per heavy atom. The number of para-hydroxylation sites is 2. The predicted octanol–water partition coefficient (Wildman–Crippen LogP) is 3.44. The second-order valence-corrected chi connectivity index (χ2v) is 8.20. The van der Waals surface area contributed by atoms with Gasteiger partial charge < -0.3 is 14.4 Å². The molecule has 1 amide bonds. The monoisotopic (exact) mass is 394 g/mol. The van der Waals surface area contributed by atoms with Gasteiger partial charge in [-0.25, -0.2) is 4.98 Å². The number of amides is 1. The lowest BCUT2D eigenvalue weighted by Crippen LogP contribution is -2.43. The summed E-state index contributed by atoms with van der Waals surface area (Å²) in [6.07, 6.45) is 4.49. The Kier molecular flexibility index (Phi) is 5.63. The highest BCUT2D eigenvalue weighted by molar-refractivity contribution is 7.99. The molecule has 0 saturated carbocycles. The van der Waals surface area contributed by atoms with Gasteiger partial charge in [-0.3, -0.25) is 4.79 Å². The predicted molar refractivity (Wildman–Crippen MR) is 102 cm³/mol. The topological polar surface area (TPSA) is 41.4 Å². The summed E-state index contributed by atoms with van der Waals surface area (Å²) in [5.74, 6) is -2.57. The molecule has 2 aromatic rings. The van der Waals surface area contributed by atoms with Crippen molar-refractivity contribution in [3.8, 4) is 0 Å². The zero-order valence-electron chi connectivity index (χ0n) is 15.2. The van der Waals surface area contributed by atoms with Gasteiger partial charge in [-0.05, 0) is 62.7 Å². The highest BCUT2D eigenvalue weighted by Crippen LogP contribution is 2.29. The lowest BCUT2D eigenvalue weighted by molar-refractivity contribution is -0.133. The molecule has 3 heterocycles. The van der Waals surface area contributed by atoms with E-state index in [0.29, 0.717) is 17.3 Å². The molecule has 2 fully saturated rings. The zero-order valence-corrected chi connectivity index (χ0v) is 16.0. The molecular formula is C19H24F2N4OS. The molecule has 8 heteroatoms. The number of hydrogen-bond donors (Lipinski definition) is 0. The van der Waals surface area contributed by atoms with Crippen LogP contribution in [0.1, 0.15) is 25.7 Å². The summed E-state index contributed by atoms with van der Waals surface area (Å²) in [7, 11) is 0. The molecular weight excluding hydrogens is 370 g/mol. The summed E-state index contributed by atoms with van der Waals surface area (Å²) in [5, 5.41) is 0.204. The van der Waals surface area contributed by atoms with Gasteiger partial charge in [-0.15, -0.1) is 0 Å². The van der Waals surface area contributed by atoms with E-state index in [9.17, 15) is 13.6 Å². The molecule has 1 aromatic heterocycles. The maximum Gasteiger partial charge on any atom is 0.291 e. The van der Waals surface area contributed by atoms with Crippen molar-refractivity contribution in [1.82, 2.24) is 19.4 Å². The Bertz CT molecular complexity index is 806. The molecule has 2 saturated heterocycles. The second kappa shape index (κ2) is 8.14. The fourth-order valence-corrected chi connectivity index (χ4v) is 4.82. The summed E-state index contributed by atoms with van der Waals surface area (Å²) < 4.78 is 27.6. The summed E-state index contributed by atoms with van der Waals surface area (Å²) in [4.78, 5) is 21.7. The minimum Gasteiger partial charge on any atom is -0.337 e. The first-order valence-electron chi connectivity index (χ1n) is 9.54. The van der Waals surface area contributed by atoms with Gasteiger partial charge in [-0.2, -0.15) is 8.78 Å². The number of carbonyl (C=O) groups excluding carboxylic acids is 1. The molecule has 0 N–H and O–H groups in total. The number of benzene rings is 1. The normalized spacial score (nSPS) is 21.0. The van der Waals surface area contributed by atoms with Gasteiger partial charge in [0.05, 0.1) is 11.0 Å². The van der Waals surface area contributed by atoms with Gasteiger partial charge in [0.25, 0.3) is 5.76 Å². The van der Waals surface area contributed by atoms with Crippen LogP contribution in [0.2, 0.25) is 0 Å². The van der Waals surface area contributed by atoms with E-state index < -0.39 is 5.76 Å². The van der Waals surface area contributed by atoms with Crippen LogP contribution in [-0.4, -0.2) is 63.2 Å². The fraction of sp³-hybridized carbons (Fsp3) is 0.579. The second-order valence-electron chi connectivity index (χ2n) is 7.24. The van der Waals surface area contributed by atoms with Crippen LogP contribution < -0.4 is 0 Å². The molecule has 27 heavy (non-hydrogen) atoms. The number of aromatic nitrogens is 2. The van der Waals surface area contributed by atoms with Crippen LogP contribution in [0.15, 0.2) is 29.4 Å². The summed E-state index contributed by atoms with van der Waals surface area (Å²) in [6, 6.07) is 7.52. The van der Waals surface area contributed by atoms with Crippen molar-refractivity contribution >= 4 is 28.7 Å². The standard InChI is InChI=1S/C19H24F2N4OS/c20-18(21)27-19-22-15-7-1-2-8-16(15)25(19)13-17(26)24-11-5-6-14(24)12-23-9-3-4-10-23/h1-2,7-8,14,18H,3-6,9-13H2. The molecule has 1 aromatic carbocycles. The molecule has 4 rings (SSSR count). The molecule has 2 aliphatic rings. The van der Waals surface area contributed by atoms with Gasteiger partial charge in [0.15, 0.2) is 5.16 Å². The van der Waals surface area contributed by atoms with E-state index in [1.165, 1.54) is 12.8 Å². The lowest BCUT2D eigenvalue weighted by atomic mass is 10.2. The minimum atomic E-state index is -2.56. The Hall–Kier alpha value is -1.67. The van der Waals surface area contributed by atoms with Crippen molar-refractivity contribution in [3.63, 3.8) is 0 Å². The molecule has 2 aliphatic heterocycles. The van der Waals surface area contributed by atoms with Crippen LogP contribution >= 0.6 is 11.8 Å². The number of fused-ring (bicyclic) bond motifs is 1. The first kappa shape index (κ1) is 18.7. The zero-order chi connectivity index (χ0) is 18.8. The van der Waals surface area contributed by atoms with E-state index in [1.54, 1.807) is 10.6 Å². The molecule has 0 radical (unpaired) electrons. The average molecular weight is 394 g/mol. The third-order valence-corrected chi connectivity index (χ3v) is 6.17. The van der Waals surface area contributed by atoms with Crippen molar-refractivity contribution in [2.24, 2.45) is 0 Å². The van der Waals surface area contributed by atoms with Crippen molar-refractivity contribution in [2.75, 3.05) is 26.2 Å². The van der Waals surface area contributed by atoms with Crippen LogP contribution in [0, 0.1) is 0 Å². The number of alkyl halides is 2. The first-order valence-corrected chi connectivity index (χ1v) is 10.4. The molecule has 0 bridgehead atoms. The molecule has 146 valence electrons. The molecule has 0 aliphatic carbocycles. The van der Waals surface area contributed by atoms with Crippen molar-refractivity contribution in [1.29, 1.82) is 0 Å². The van der Waals surface area contributed by atoms with E-state index in [0.717, 1.165) is 44.5 Å². The van der Waals surface area contributed by atoms with Crippen LogP contribution in [0.5, 0.6) is 0 Å². The summed E-state index contributed by atoms with van der Waals surface area (Å²) >= 11 is 0.402. The molecule has 0 spiro atoms. The highest BCUT2D eigenvalue weighted by Gasteiger charge is 2.31. The lowest BCUT2D eigenvalue weighted by Gasteiger charge is -2.29. The van der Waals surface area contributed by atoms with Gasteiger partial charge in [0.1, 0.15) is 6.54 Å². The maximum absolute atomic E-state index is 13.0. The van der Waals surface area contributed by atoms with Gasteiger partial charge >= 0.3 is 0 Å². The van der Waals surface area contributed by atoms with Gasteiger partial charge in [0, 0.05) is 19.1 Å². The largest absolute Gasteiger partial charge is 0.337 e. The number of rotatable bonds is 6. The van der Waals surface area contributed by atoms with Gasteiger partial charge in [-0.1, -0.05) is 12.1 Å². The van der Waals surface area contributed by atoms with E-state index >= 15 is 0 Å². The quantitative estimate of drug-likeness (QED) is 0.704. The Morgan fingerprint density at radius 2 is 1.96 bits per heavy atom. The highest BCUT2D eigenvalue weighted by atomic mass is 32.2. The minimum absolute atomic E-state index is 0.00373. The Labute approximate surface area is 161 Å². The Morgan fingerprint density at radius 3 is 2.74 bits per heavy atom. The van der Waals surface area contributed by atoms with Crippen molar-refractivity contribution in [3.05, 3.63) is 24.3 Å². The van der Waals surface area contributed by atoms with E-state index in [-0.39, 0.29) is 23.7 Å². The van der Waals surface area contributed by atoms with Gasteiger partial charge in [0.2, 0.25) is 5.91 Å². The van der Waals surface area contributed by atoms with Crippen LogP contribution in [0.4, 0.5) is 8.78 Å². The summed E-state index contributed by atoms with van der Waals surface area (Å²) in [6.45, 7) is 3.96. The van der Waals surface area contributed by atoms with Crippen molar-refractivity contribution < 1.29 is 13.6 Å². The molecule has 1 atom stereocenters. The average Bonchev–Trinajstić information content (AvgIpc) is 3.37. The van der Waals surface area contributed by atoms with E-state index in [2.05, 4.69) is 9.88 Å². The number of hydrogen-bond acceptors (Lipinski definition) is 4. The SMILES string of the molecule is O=C(Cn1c(SC(F)F)nc2ccccc21)N1CCCC1CN1CCCC1. The third-order valence-electron chi connectivity index (χ3n) is 5.47. The number of imidazole rings is 1. The number of thioether (sulfide) groups is 1. The van der Waals surface area contributed by atoms with E-state index in [4.69, 9.17) is 0 Å². The fourth-order valence-electron chi connectivity index (χ4n) is 4.22. The molecule has 1 unspecified atom stereocenters. The van der Waals surface area contributed by atoms with Crippen LogP contribution in [0.3, 0.4) is 0 Å².